The standard InChI is InChI=1S/C15H20N2O5S2/c1-11(2)8-17-9-12-3-5-13(6-4-12)23(18,19)14-7-15(22-10-14)24(16,20)21/h3-7,10-11,17H,8-9H2,1-2H3,(H2,16,20,21). The van der Waals surface area contributed by atoms with Crippen LogP contribution in [0.5, 0.6) is 0 Å². The predicted octanol–water partition coefficient (Wildman–Crippen LogP) is 1.51. The molecule has 0 atom stereocenters. The number of primary sulfonamides is 1. The molecule has 1 aromatic heterocycles. The highest BCUT2D eigenvalue weighted by Gasteiger charge is 2.23. The van der Waals surface area contributed by atoms with Gasteiger partial charge in [0.2, 0.25) is 14.9 Å². The summed E-state index contributed by atoms with van der Waals surface area (Å²) in [5.41, 5.74) is 0.951. The van der Waals surface area contributed by atoms with Gasteiger partial charge in [0.25, 0.3) is 10.0 Å². The summed E-state index contributed by atoms with van der Waals surface area (Å²) in [6.45, 7) is 5.71. The lowest BCUT2D eigenvalue weighted by Crippen LogP contribution is -2.18. The average molecular weight is 372 g/mol. The molecule has 0 saturated heterocycles. The molecule has 0 spiro atoms. The van der Waals surface area contributed by atoms with Crippen LogP contribution in [0.4, 0.5) is 0 Å². The third-order valence-electron chi connectivity index (χ3n) is 3.26. The molecule has 0 saturated carbocycles. The smallest absolute Gasteiger partial charge is 0.271 e. The second kappa shape index (κ2) is 7.06. The van der Waals surface area contributed by atoms with E-state index in [2.05, 4.69) is 19.2 Å². The van der Waals surface area contributed by atoms with Crippen LogP contribution >= 0.6 is 0 Å². The van der Waals surface area contributed by atoms with Crippen LogP contribution in [-0.4, -0.2) is 23.4 Å². The number of sulfonamides is 1. The molecule has 2 rings (SSSR count). The molecule has 0 aliphatic carbocycles. The van der Waals surface area contributed by atoms with Crippen LogP contribution in [0, 0.1) is 5.92 Å². The Kier molecular flexibility index (Phi) is 5.49. The van der Waals surface area contributed by atoms with Crippen molar-refractivity contribution in [3.05, 3.63) is 42.2 Å². The van der Waals surface area contributed by atoms with Crippen molar-refractivity contribution in [3.8, 4) is 0 Å². The van der Waals surface area contributed by atoms with Gasteiger partial charge in [-0.25, -0.2) is 22.0 Å². The van der Waals surface area contributed by atoms with E-state index >= 15 is 0 Å². The highest BCUT2D eigenvalue weighted by atomic mass is 32.2. The molecule has 0 aliphatic rings. The molecule has 3 N–H and O–H groups in total. The Morgan fingerprint density at radius 1 is 1.08 bits per heavy atom. The van der Waals surface area contributed by atoms with E-state index in [9.17, 15) is 16.8 Å². The lowest BCUT2D eigenvalue weighted by molar-refractivity contribution is 0.448. The van der Waals surface area contributed by atoms with Crippen LogP contribution in [0.3, 0.4) is 0 Å². The van der Waals surface area contributed by atoms with Crippen LogP contribution in [0.25, 0.3) is 0 Å². The SMILES string of the molecule is CC(C)CNCc1ccc(S(=O)(=O)c2coc(S(N)(=O)=O)c2)cc1. The van der Waals surface area contributed by atoms with E-state index in [0.29, 0.717) is 12.5 Å². The van der Waals surface area contributed by atoms with Crippen LogP contribution in [0.15, 0.2) is 55.9 Å². The number of nitrogens with two attached hydrogens (primary N) is 1. The maximum atomic E-state index is 12.5. The fraction of sp³-hybridized carbons (Fsp3) is 0.333. The Hall–Kier alpha value is -1.68. The molecule has 0 fully saturated rings. The van der Waals surface area contributed by atoms with E-state index in [1.165, 1.54) is 12.1 Å². The second-order valence-corrected chi connectivity index (χ2v) is 9.26. The maximum absolute atomic E-state index is 12.5. The average Bonchev–Trinajstić information content (AvgIpc) is 2.98. The minimum Gasteiger partial charge on any atom is -0.450 e. The summed E-state index contributed by atoms with van der Waals surface area (Å²) >= 11 is 0. The zero-order valence-electron chi connectivity index (χ0n) is 13.4. The fourth-order valence-electron chi connectivity index (χ4n) is 2.02. The third kappa shape index (κ3) is 4.44. The summed E-state index contributed by atoms with van der Waals surface area (Å²) in [6.07, 6.45) is 0.868. The van der Waals surface area contributed by atoms with Crippen LogP contribution in [0.1, 0.15) is 19.4 Å². The summed E-state index contributed by atoms with van der Waals surface area (Å²) < 4.78 is 52.1. The number of furan rings is 1. The predicted molar refractivity (Wildman–Crippen MR) is 88.5 cm³/mol. The largest absolute Gasteiger partial charge is 0.450 e. The number of rotatable bonds is 7. The Morgan fingerprint density at radius 3 is 2.21 bits per heavy atom. The first-order chi connectivity index (χ1) is 11.1. The van der Waals surface area contributed by atoms with Gasteiger partial charge < -0.3 is 9.73 Å². The normalized spacial score (nSPS) is 12.7. The Bertz CT molecular complexity index is 898. The molecule has 0 amide bonds. The number of nitrogens with one attached hydrogen (secondary N) is 1. The van der Waals surface area contributed by atoms with Gasteiger partial charge in [-0.05, 0) is 30.2 Å². The van der Waals surface area contributed by atoms with Crippen molar-refractivity contribution in [2.24, 2.45) is 11.1 Å². The molecule has 132 valence electrons. The topological polar surface area (TPSA) is 119 Å². The number of sulfone groups is 1. The minimum absolute atomic E-state index is 0.0527. The molecule has 0 aliphatic heterocycles. The molecule has 0 bridgehead atoms. The Labute approximate surface area is 141 Å². The minimum atomic E-state index is -4.09. The second-order valence-electron chi connectivity index (χ2n) is 5.82. The lowest BCUT2D eigenvalue weighted by Gasteiger charge is -2.08. The van der Waals surface area contributed by atoms with E-state index in [4.69, 9.17) is 9.56 Å². The molecule has 0 radical (unpaired) electrons. The van der Waals surface area contributed by atoms with Crippen molar-refractivity contribution in [1.29, 1.82) is 0 Å². The number of benzene rings is 1. The summed E-state index contributed by atoms with van der Waals surface area (Å²) in [5.74, 6) is 0.527. The molecule has 0 unspecified atom stereocenters. The van der Waals surface area contributed by atoms with Gasteiger partial charge in [-0.1, -0.05) is 26.0 Å². The van der Waals surface area contributed by atoms with Gasteiger partial charge in [0.05, 0.1) is 4.90 Å². The van der Waals surface area contributed by atoms with Crippen molar-refractivity contribution in [3.63, 3.8) is 0 Å². The van der Waals surface area contributed by atoms with Crippen molar-refractivity contribution >= 4 is 19.9 Å². The van der Waals surface area contributed by atoms with E-state index in [1.807, 2.05) is 0 Å². The van der Waals surface area contributed by atoms with Crippen LogP contribution in [0.2, 0.25) is 0 Å². The monoisotopic (exact) mass is 372 g/mol. The molecule has 2 aromatic rings. The third-order valence-corrected chi connectivity index (χ3v) is 5.76. The summed E-state index contributed by atoms with van der Waals surface area (Å²) in [7, 11) is -7.95. The van der Waals surface area contributed by atoms with E-state index in [-0.39, 0.29) is 9.79 Å². The van der Waals surface area contributed by atoms with Gasteiger partial charge in [-0.3, -0.25) is 0 Å². The fourth-order valence-corrected chi connectivity index (χ4v) is 3.77. The molecule has 9 heteroatoms. The molecule has 24 heavy (non-hydrogen) atoms. The zero-order chi connectivity index (χ0) is 18.0. The number of hydrogen-bond acceptors (Lipinski definition) is 6. The van der Waals surface area contributed by atoms with Gasteiger partial charge in [0.1, 0.15) is 11.2 Å². The first-order valence-corrected chi connectivity index (χ1v) is 10.3. The van der Waals surface area contributed by atoms with Crippen molar-refractivity contribution < 1.29 is 21.3 Å². The first-order valence-electron chi connectivity index (χ1n) is 7.27. The van der Waals surface area contributed by atoms with E-state index < -0.39 is 25.0 Å². The van der Waals surface area contributed by atoms with E-state index in [1.54, 1.807) is 12.1 Å². The van der Waals surface area contributed by atoms with E-state index in [0.717, 1.165) is 24.4 Å². The summed E-state index contributed by atoms with van der Waals surface area (Å²) in [4.78, 5) is -0.200. The Balaban J connectivity index is 2.19. The van der Waals surface area contributed by atoms with Gasteiger partial charge in [0.15, 0.2) is 0 Å². The highest BCUT2D eigenvalue weighted by Crippen LogP contribution is 2.24. The van der Waals surface area contributed by atoms with Crippen LogP contribution in [-0.2, 0) is 26.4 Å². The van der Waals surface area contributed by atoms with Crippen LogP contribution < -0.4 is 10.5 Å². The van der Waals surface area contributed by atoms with Crippen molar-refractivity contribution in [2.75, 3.05) is 6.54 Å². The maximum Gasteiger partial charge on any atom is 0.271 e. The highest BCUT2D eigenvalue weighted by molar-refractivity contribution is 7.91. The molecule has 1 heterocycles. The first kappa shape index (κ1) is 18.7. The lowest BCUT2D eigenvalue weighted by atomic mass is 10.2. The van der Waals surface area contributed by atoms with Gasteiger partial charge >= 0.3 is 0 Å². The molecule has 7 nitrogen and oxygen atoms in total. The zero-order valence-corrected chi connectivity index (χ0v) is 15.0. The van der Waals surface area contributed by atoms with Gasteiger partial charge in [0, 0.05) is 12.6 Å². The summed E-state index contributed by atoms with van der Waals surface area (Å²) in [5, 5.41) is 7.59. The molecular formula is C15H20N2O5S2. The summed E-state index contributed by atoms with van der Waals surface area (Å²) in [6, 6.07) is 7.28. The number of hydrogen-bond donors (Lipinski definition) is 2. The quantitative estimate of drug-likeness (QED) is 0.760. The van der Waals surface area contributed by atoms with Gasteiger partial charge in [-0.2, -0.15) is 0 Å². The Morgan fingerprint density at radius 2 is 1.71 bits per heavy atom. The van der Waals surface area contributed by atoms with Crippen molar-refractivity contribution in [2.45, 2.75) is 35.3 Å². The van der Waals surface area contributed by atoms with Crippen molar-refractivity contribution in [1.82, 2.24) is 5.32 Å². The molecule has 1 aromatic carbocycles. The van der Waals surface area contributed by atoms with Gasteiger partial charge in [-0.15, -0.1) is 0 Å². The molecular weight excluding hydrogens is 352 g/mol.